The minimum atomic E-state index is -0.449. The first kappa shape index (κ1) is 25.9. The van der Waals surface area contributed by atoms with Crippen molar-refractivity contribution in [1.29, 1.82) is 0 Å². The van der Waals surface area contributed by atoms with E-state index in [0.717, 1.165) is 38.1 Å². The standard InChI is InChI=1S/C32H26O4S2/c1-4-22-5-7-24(8-6-22)32(34)36-29-16-13-26-18-25(9-10-27(26)19-29)21(3)31(33)35-28-14-11-23(12-15-28)30-17-20(2)37-38-30/h5-19,21H,2,4H2,1,3H3/t21-/m0/s1. The normalized spacial score (nSPS) is 13.7. The van der Waals surface area contributed by atoms with Crippen LogP contribution in [-0.4, -0.2) is 11.9 Å². The Labute approximate surface area is 230 Å². The van der Waals surface area contributed by atoms with Crippen LogP contribution in [0.1, 0.15) is 46.8 Å². The van der Waals surface area contributed by atoms with Crippen LogP contribution in [0.5, 0.6) is 11.5 Å². The summed E-state index contributed by atoms with van der Waals surface area (Å²) >= 11 is 0. The molecule has 0 aromatic heterocycles. The molecule has 6 heteroatoms. The monoisotopic (exact) mass is 538 g/mol. The van der Waals surface area contributed by atoms with Crippen LogP contribution in [0, 0.1) is 0 Å². The Morgan fingerprint density at radius 3 is 2.18 bits per heavy atom. The maximum Gasteiger partial charge on any atom is 0.343 e. The minimum Gasteiger partial charge on any atom is -0.426 e. The van der Waals surface area contributed by atoms with Gasteiger partial charge in [-0.25, -0.2) is 4.79 Å². The number of hydrogen-bond donors (Lipinski definition) is 0. The van der Waals surface area contributed by atoms with Gasteiger partial charge in [-0.2, -0.15) is 0 Å². The molecular weight excluding hydrogens is 512 g/mol. The van der Waals surface area contributed by atoms with E-state index in [1.165, 1.54) is 5.56 Å². The van der Waals surface area contributed by atoms with Crippen LogP contribution in [0.2, 0.25) is 0 Å². The number of rotatable bonds is 7. The van der Waals surface area contributed by atoms with E-state index in [9.17, 15) is 9.59 Å². The lowest BCUT2D eigenvalue weighted by molar-refractivity contribution is -0.135. The van der Waals surface area contributed by atoms with Gasteiger partial charge >= 0.3 is 11.9 Å². The Kier molecular flexibility index (Phi) is 7.72. The highest BCUT2D eigenvalue weighted by Crippen LogP contribution is 2.48. The van der Waals surface area contributed by atoms with Gasteiger partial charge in [0.25, 0.3) is 0 Å². The highest BCUT2D eigenvalue weighted by Gasteiger charge is 2.19. The van der Waals surface area contributed by atoms with E-state index in [-0.39, 0.29) is 5.97 Å². The zero-order valence-corrected chi connectivity index (χ0v) is 22.7. The van der Waals surface area contributed by atoms with Crippen molar-refractivity contribution in [2.75, 3.05) is 0 Å². The van der Waals surface area contributed by atoms with Gasteiger partial charge in [-0.05, 0) is 83.3 Å². The van der Waals surface area contributed by atoms with Crippen LogP contribution in [0.15, 0.2) is 102 Å². The van der Waals surface area contributed by atoms with Gasteiger partial charge in [-0.15, -0.1) is 0 Å². The molecule has 5 rings (SSSR count). The van der Waals surface area contributed by atoms with Crippen molar-refractivity contribution in [3.05, 3.63) is 125 Å². The van der Waals surface area contributed by atoms with Gasteiger partial charge in [0.1, 0.15) is 11.5 Å². The van der Waals surface area contributed by atoms with E-state index >= 15 is 0 Å². The number of aryl methyl sites for hydroxylation is 1. The van der Waals surface area contributed by atoms with Crippen molar-refractivity contribution >= 4 is 49.2 Å². The smallest absolute Gasteiger partial charge is 0.343 e. The fraction of sp³-hybridized carbons (Fsp3) is 0.125. The maximum atomic E-state index is 12.9. The number of hydrogen-bond acceptors (Lipinski definition) is 6. The average Bonchev–Trinajstić information content (AvgIpc) is 3.38. The number of esters is 2. The predicted molar refractivity (Wildman–Crippen MR) is 158 cm³/mol. The Bertz CT molecular complexity index is 1550. The third-order valence-corrected chi connectivity index (χ3v) is 8.76. The van der Waals surface area contributed by atoms with E-state index < -0.39 is 11.9 Å². The summed E-state index contributed by atoms with van der Waals surface area (Å²) in [6.45, 7) is 7.87. The van der Waals surface area contributed by atoms with Gasteiger partial charge in [0, 0.05) is 9.81 Å². The van der Waals surface area contributed by atoms with Crippen LogP contribution in [0.4, 0.5) is 0 Å². The number of carbonyl (C=O) groups excluding carboxylic acids is 2. The molecule has 4 aromatic carbocycles. The number of benzene rings is 4. The first-order chi connectivity index (χ1) is 18.4. The Morgan fingerprint density at radius 2 is 1.50 bits per heavy atom. The van der Waals surface area contributed by atoms with E-state index in [4.69, 9.17) is 9.47 Å². The molecule has 0 radical (unpaired) electrons. The van der Waals surface area contributed by atoms with E-state index in [1.54, 1.807) is 39.8 Å². The van der Waals surface area contributed by atoms with Crippen LogP contribution >= 0.6 is 21.6 Å². The summed E-state index contributed by atoms with van der Waals surface area (Å²) in [6, 6.07) is 26.2. The lowest BCUT2D eigenvalue weighted by atomic mass is 9.98. The third kappa shape index (κ3) is 5.87. The fourth-order valence-corrected chi connectivity index (χ4v) is 6.10. The topological polar surface area (TPSA) is 52.6 Å². The molecule has 190 valence electrons. The summed E-state index contributed by atoms with van der Waals surface area (Å²) in [7, 11) is 3.32. The molecule has 0 aliphatic carbocycles. The second-order valence-corrected chi connectivity index (χ2v) is 11.3. The molecule has 0 fully saturated rings. The lowest BCUT2D eigenvalue weighted by Crippen LogP contribution is -2.16. The molecule has 0 bridgehead atoms. The van der Waals surface area contributed by atoms with Crippen molar-refractivity contribution < 1.29 is 19.1 Å². The second kappa shape index (κ2) is 11.3. The zero-order chi connectivity index (χ0) is 26.6. The number of allylic oxidation sites excluding steroid dienone is 1. The van der Waals surface area contributed by atoms with Gasteiger partial charge in [0.05, 0.1) is 11.5 Å². The number of ether oxygens (including phenoxy) is 2. The fourth-order valence-electron chi connectivity index (χ4n) is 4.07. The van der Waals surface area contributed by atoms with Gasteiger partial charge in [-0.1, -0.05) is 83.6 Å². The van der Waals surface area contributed by atoms with E-state index in [2.05, 4.69) is 19.6 Å². The van der Waals surface area contributed by atoms with Gasteiger partial charge in [-0.3, -0.25) is 4.79 Å². The van der Waals surface area contributed by atoms with Crippen LogP contribution in [0.25, 0.3) is 15.7 Å². The largest absolute Gasteiger partial charge is 0.426 e. The number of carbonyl (C=O) groups is 2. The molecular formula is C32H26O4S2. The van der Waals surface area contributed by atoms with Crippen LogP contribution < -0.4 is 9.47 Å². The Balaban J connectivity index is 1.24. The van der Waals surface area contributed by atoms with Crippen LogP contribution in [-0.2, 0) is 11.2 Å². The third-order valence-electron chi connectivity index (χ3n) is 6.39. The summed E-state index contributed by atoms with van der Waals surface area (Å²) in [6.07, 6.45) is 2.97. The summed E-state index contributed by atoms with van der Waals surface area (Å²) in [5.74, 6) is -0.181. The molecule has 1 heterocycles. The molecule has 0 amide bonds. The van der Waals surface area contributed by atoms with Crippen molar-refractivity contribution in [1.82, 2.24) is 0 Å². The second-order valence-electron chi connectivity index (χ2n) is 9.02. The summed E-state index contributed by atoms with van der Waals surface area (Å²) in [4.78, 5) is 27.6. The first-order valence-corrected chi connectivity index (χ1v) is 14.5. The van der Waals surface area contributed by atoms with Gasteiger partial charge in [0.15, 0.2) is 0 Å². The van der Waals surface area contributed by atoms with E-state index in [0.29, 0.717) is 17.1 Å². The zero-order valence-electron chi connectivity index (χ0n) is 21.1. The van der Waals surface area contributed by atoms with Gasteiger partial charge in [0.2, 0.25) is 0 Å². The van der Waals surface area contributed by atoms with Gasteiger partial charge < -0.3 is 9.47 Å². The van der Waals surface area contributed by atoms with E-state index in [1.807, 2.05) is 73.7 Å². The Hall–Kier alpha value is -3.74. The quantitative estimate of drug-likeness (QED) is 0.133. The highest BCUT2D eigenvalue weighted by molar-refractivity contribution is 8.82. The molecule has 0 unspecified atom stereocenters. The lowest BCUT2D eigenvalue weighted by Gasteiger charge is -2.13. The molecule has 0 saturated heterocycles. The van der Waals surface area contributed by atoms with Crippen molar-refractivity contribution in [3.8, 4) is 11.5 Å². The molecule has 0 N–H and O–H groups in total. The van der Waals surface area contributed by atoms with Crippen molar-refractivity contribution in [3.63, 3.8) is 0 Å². The molecule has 1 aliphatic heterocycles. The first-order valence-electron chi connectivity index (χ1n) is 12.3. The molecule has 4 aromatic rings. The summed E-state index contributed by atoms with van der Waals surface area (Å²) in [5, 5.41) is 1.86. The molecule has 38 heavy (non-hydrogen) atoms. The summed E-state index contributed by atoms with van der Waals surface area (Å²) < 4.78 is 11.2. The molecule has 0 spiro atoms. The predicted octanol–water partition coefficient (Wildman–Crippen LogP) is 8.58. The van der Waals surface area contributed by atoms with Crippen LogP contribution in [0.3, 0.4) is 0 Å². The molecule has 4 nitrogen and oxygen atoms in total. The maximum absolute atomic E-state index is 12.9. The summed E-state index contributed by atoms with van der Waals surface area (Å²) in [5.41, 5.74) is 3.60. The molecule has 0 saturated carbocycles. The highest BCUT2D eigenvalue weighted by atomic mass is 33.1. The molecule has 1 aliphatic rings. The van der Waals surface area contributed by atoms with Crippen molar-refractivity contribution in [2.24, 2.45) is 0 Å². The minimum absolute atomic E-state index is 0.324. The molecule has 1 atom stereocenters. The SMILES string of the molecule is C=C1C=C(c2ccc(OC(=O)[C@@H](C)c3ccc4cc(OC(=O)c5ccc(CC)cc5)ccc4c3)cc2)SS1. The Morgan fingerprint density at radius 1 is 0.816 bits per heavy atom. The average molecular weight is 539 g/mol. The van der Waals surface area contributed by atoms with Crippen molar-refractivity contribution in [2.45, 2.75) is 26.2 Å². The number of fused-ring (bicyclic) bond motifs is 1.